The quantitative estimate of drug-likeness (QED) is 0.693. The van der Waals surface area contributed by atoms with Crippen molar-refractivity contribution < 1.29 is 0 Å². The molecule has 0 aliphatic carbocycles. The highest BCUT2D eigenvalue weighted by atomic mass is 15.1. The van der Waals surface area contributed by atoms with Crippen molar-refractivity contribution >= 4 is 10.9 Å². The number of benzene rings is 2. The summed E-state index contributed by atoms with van der Waals surface area (Å²) in [6.07, 6.45) is 3.60. The summed E-state index contributed by atoms with van der Waals surface area (Å²) in [5.74, 6) is 0.659. The molecular weight excluding hydrogens is 280 g/mol. The minimum Gasteiger partial charge on any atom is -0.350 e. The van der Waals surface area contributed by atoms with Crippen molar-refractivity contribution in [2.45, 2.75) is 25.8 Å². The van der Waals surface area contributed by atoms with Crippen LogP contribution in [0.4, 0.5) is 0 Å². The van der Waals surface area contributed by atoms with Crippen LogP contribution in [0.15, 0.2) is 54.7 Å². The predicted molar refractivity (Wildman–Crippen MR) is 96.7 cm³/mol. The molecule has 0 N–H and O–H groups in total. The lowest BCUT2D eigenvalue weighted by Gasteiger charge is -2.16. The van der Waals surface area contributed by atoms with Gasteiger partial charge < -0.3 is 4.57 Å². The lowest BCUT2D eigenvalue weighted by atomic mass is 9.98. The molecule has 1 aliphatic rings. The van der Waals surface area contributed by atoms with Crippen molar-refractivity contribution in [3.05, 3.63) is 71.4 Å². The summed E-state index contributed by atoms with van der Waals surface area (Å²) >= 11 is 0. The Morgan fingerprint density at radius 3 is 2.65 bits per heavy atom. The monoisotopic (exact) mass is 304 g/mol. The van der Waals surface area contributed by atoms with Gasteiger partial charge in [-0.2, -0.15) is 0 Å². The highest BCUT2D eigenvalue weighted by molar-refractivity contribution is 5.84. The second-order valence-electron chi connectivity index (χ2n) is 6.92. The number of hydrogen-bond acceptors (Lipinski definition) is 1. The van der Waals surface area contributed by atoms with Gasteiger partial charge in [0.05, 0.1) is 0 Å². The SMILES string of the molecule is Cc1ccc(CN2CCC(c3cn(C)c4ccccc34)C2)cc1. The average molecular weight is 304 g/mol. The van der Waals surface area contributed by atoms with Gasteiger partial charge in [0.1, 0.15) is 0 Å². The van der Waals surface area contributed by atoms with Crippen LogP contribution in [0, 0.1) is 6.92 Å². The van der Waals surface area contributed by atoms with Crippen molar-refractivity contribution in [2.75, 3.05) is 13.1 Å². The highest BCUT2D eigenvalue weighted by Crippen LogP contribution is 2.33. The maximum absolute atomic E-state index is 2.59. The van der Waals surface area contributed by atoms with Gasteiger partial charge in [0.15, 0.2) is 0 Å². The molecule has 0 spiro atoms. The second-order valence-corrected chi connectivity index (χ2v) is 6.92. The van der Waals surface area contributed by atoms with Crippen LogP contribution >= 0.6 is 0 Å². The first-order valence-electron chi connectivity index (χ1n) is 8.52. The molecule has 0 amide bonds. The third-order valence-electron chi connectivity index (χ3n) is 5.17. The number of nitrogens with zero attached hydrogens (tertiary/aromatic N) is 2. The first-order chi connectivity index (χ1) is 11.2. The predicted octanol–water partition coefficient (Wildman–Crippen LogP) is 4.48. The van der Waals surface area contributed by atoms with Crippen LogP contribution in [0.1, 0.15) is 29.0 Å². The lowest BCUT2D eigenvalue weighted by molar-refractivity contribution is 0.327. The molecule has 1 aliphatic heterocycles. The molecule has 1 unspecified atom stereocenters. The maximum Gasteiger partial charge on any atom is 0.0480 e. The van der Waals surface area contributed by atoms with E-state index in [1.165, 1.54) is 47.1 Å². The summed E-state index contributed by atoms with van der Waals surface area (Å²) in [7, 11) is 2.16. The zero-order chi connectivity index (χ0) is 15.8. The minimum atomic E-state index is 0.659. The molecule has 2 nitrogen and oxygen atoms in total. The van der Waals surface area contributed by atoms with Crippen LogP contribution in [-0.4, -0.2) is 22.6 Å². The Balaban J connectivity index is 1.52. The summed E-state index contributed by atoms with van der Waals surface area (Å²) in [5, 5.41) is 1.43. The Morgan fingerprint density at radius 2 is 1.83 bits per heavy atom. The van der Waals surface area contributed by atoms with Gasteiger partial charge in [-0.1, -0.05) is 48.0 Å². The molecule has 1 fully saturated rings. The van der Waals surface area contributed by atoms with Crippen LogP contribution in [0.5, 0.6) is 0 Å². The molecule has 1 aromatic heterocycles. The third kappa shape index (κ3) is 2.79. The largest absolute Gasteiger partial charge is 0.350 e. The van der Waals surface area contributed by atoms with Crippen LogP contribution in [0.3, 0.4) is 0 Å². The zero-order valence-corrected chi connectivity index (χ0v) is 14.0. The van der Waals surface area contributed by atoms with Crippen molar-refractivity contribution in [2.24, 2.45) is 7.05 Å². The van der Waals surface area contributed by atoms with Crippen LogP contribution < -0.4 is 0 Å². The van der Waals surface area contributed by atoms with E-state index in [2.05, 4.69) is 78.2 Å². The summed E-state index contributed by atoms with van der Waals surface area (Å²) in [5.41, 5.74) is 5.63. The molecule has 1 saturated heterocycles. The summed E-state index contributed by atoms with van der Waals surface area (Å²) < 4.78 is 2.27. The fourth-order valence-electron chi connectivity index (χ4n) is 3.88. The second kappa shape index (κ2) is 5.86. The Kier molecular flexibility index (Phi) is 3.70. The number of aryl methyl sites for hydroxylation is 2. The van der Waals surface area contributed by atoms with Gasteiger partial charge in [-0.25, -0.2) is 0 Å². The van der Waals surface area contributed by atoms with E-state index in [1.807, 2.05) is 0 Å². The average Bonchev–Trinajstić information content (AvgIpc) is 3.15. The van der Waals surface area contributed by atoms with E-state index in [-0.39, 0.29) is 0 Å². The molecule has 4 rings (SSSR count). The molecule has 1 atom stereocenters. The Hall–Kier alpha value is -2.06. The summed E-state index contributed by atoms with van der Waals surface area (Å²) in [6.45, 7) is 5.58. The van der Waals surface area contributed by atoms with E-state index in [9.17, 15) is 0 Å². The van der Waals surface area contributed by atoms with Crippen LogP contribution in [0.2, 0.25) is 0 Å². The van der Waals surface area contributed by atoms with Gasteiger partial charge in [0.2, 0.25) is 0 Å². The number of rotatable bonds is 3. The zero-order valence-electron chi connectivity index (χ0n) is 14.0. The molecule has 2 heterocycles. The number of para-hydroxylation sites is 1. The Bertz CT molecular complexity index is 813. The van der Waals surface area contributed by atoms with Gasteiger partial charge in [0, 0.05) is 37.2 Å². The molecule has 3 aromatic rings. The van der Waals surface area contributed by atoms with Gasteiger partial charge in [-0.15, -0.1) is 0 Å². The molecule has 2 heteroatoms. The summed E-state index contributed by atoms with van der Waals surface area (Å²) in [4.78, 5) is 2.59. The van der Waals surface area contributed by atoms with Crippen LogP contribution in [0.25, 0.3) is 10.9 Å². The van der Waals surface area contributed by atoms with Crippen LogP contribution in [-0.2, 0) is 13.6 Å². The number of fused-ring (bicyclic) bond motifs is 1. The molecule has 2 aromatic carbocycles. The number of hydrogen-bond donors (Lipinski definition) is 0. The molecule has 0 radical (unpaired) electrons. The topological polar surface area (TPSA) is 8.17 Å². The lowest BCUT2D eigenvalue weighted by Crippen LogP contribution is -2.19. The number of aromatic nitrogens is 1. The Labute approximate surface area is 138 Å². The van der Waals surface area contributed by atoms with E-state index in [4.69, 9.17) is 0 Å². The normalized spacial score (nSPS) is 18.8. The first kappa shape index (κ1) is 14.5. The maximum atomic E-state index is 2.59. The molecular formula is C21H24N2. The minimum absolute atomic E-state index is 0.659. The van der Waals surface area contributed by atoms with E-state index in [0.717, 1.165) is 6.54 Å². The summed E-state index contributed by atoms with van der Waals surface area (Å²) in [6, 6.07) is 17.7. The third-order valence-corrected chi connectivity index (χ3v) is 5.17. The van der Waals surface area contributed by atoms with Crippen molar-refractivity contribution in [3.8, 4) is 0 Å². The van der Waals surface area contributed by atoms with Crippen molar-refractivity contribution in [3.63, 3.8) is 0 Å². The van der Waals surface area contributed by atoms with Crippen molar-refractivity contribution in [1.29, 1.82) is 0 Å². The molecule has 0 bridgehead atoms. The van der Waals surface area contributed by atoms with Gasteiger partial charge in [-0.3, -0.25) is 4.90 Å². The smallest absolute Gasteiger partial charge is 0.0480 e. The van der Waals surface area contributed by atoms with Gasteiger partial charge in [0.25, 0.3) is 0 Å². The van der Waals surface area contributed by atoms with E-state index >= 15 is 0 Å². The fraction of sp³-hybridized carbons (Fsp3) is 0.333. The Morgan fingerprint density at radius 1 is 1.04 bits per heavy atom. The van der Waals surface area contributed by atoms with E-state index in [1.54, 1.807) is 0 Å². The van der Waals surface area contributed by atoms with Crippen molar-refractivity contribution in [1.82, 2.24) is 9.47 Å². The fourth-order valence-corrected chi connectivity index (χ4v) is 3.88. The van der Waals surface area contributed by atoms with Gasteiger partial charge >= 0.3 is 0 Å². The molecule has 0 saturated carbocycles. The first-order valence-corrected chi connectivity index (χ1v) is 8.52. The molecule has 118 valence electrons. The highest BCUT2D eigenvalue weighted by Gasteiger charge is 2.26. The van der Waals surface area contributed by atoms with E-state index in [0.29, 0.717) is 5.92 Å². The standard InChI is InChI=1S/C21H24N2/c1-16-7-9-17(10-8-16)13-23-12-11-18(14-23)20-15-22(2)21-6-4-3-5-19(20)21/h3-10,15,18H,11-14H2,1-2H3. The van der Waals surface area contributed by atoms with Gasteiger partial charge in [-0.05, 0) is 43.0 Å². The van der Waals surface area contributed by atoms with E-state index < -0.39 is 0 Å². The molecule has 23 heavy (non-hydrogen) atoms. The number of likely N-dealkylation sites (tertiary alicyclic amines) is 1.